The highest BCUT2D eigenvalue weighted by atomic mass is 35.5. The number of halogens is 1. The van der Waals surface area contributed by atoms with Crippen LogP contribution in [0.15, 0.2) is 35.0 Å². The SMILES string of the molecule is CCOC(=O)c1ccc(N2C(=O)C(Cl)=C(N3CC[NH+](C)CC3)C2=O)cc1. The molecule has 7 nitrogen and oxygen atoms in total. The Bertz CT molecular complexity index is 767. The van der Waals surface area contributed by atoms with Gasteiger partial charge in [-0.05, 0) is 31.2 Å². The van der Waals surface area contributed by atoms with Gasteiger partial charge in [-0.25, -0.2) is 9.69 Å². The van der Waals surface area contributed by atoms with E-state index in [0.717, 1.165) is 18.0 Å². The number of rotatable bonds is 4. The second-order valence-electron chi connectivity index (χ2n) is 6.32. The number of amides is 2. The molecule has 1 fully saturated rings. The summed E-state index contributed by atoms with van der Waals surface area (Å²) >= 11 is 6.21. The minimum atomic E-state index is -0.540. The number of benzene rings is 1. The lowest BCUT2D eigenvalue weighted by Gasteiger charge is -2.31. The molecule has 138 valence electrons. The van der Waals surface area contributed by atoms with Crippen LogP contribution in [0, 0.1) is 0 Å². The maximum absolute atomic E-state index is 12.9. The zero-order valence-corrected chi connectivity index (χ0v) is 15.5. The van der Waals surface area contributed by atoms with Crippen LogP contribution in [0.5, 0.6) is 0 Å². The second-order valence-corrected chi connectivity index (χ2v) is 6.70. The molecule has 0 spiro atoms. The van der Waals surface area contributed by atoms with Crippen LogP contribution in [0.4, 0.5) is 5.69 Å². The Kier molecular flexibility index (Phi) is 5.29. The molecule has 8 heteroatoms. The average molecular weight is 379 g/mol. The normalized spacial score (nSPS) is 18.7. The Balaban J connectivity index is 1.81. The molecule has 1 saturated heterocycles. The van der Waals surface area contributed by atoms with Gasteiger partial charge in [0, 0.05) is 0 Å². The summed E-state index contributed by atoms with van der Waals surface area (Å²) in [6.45, 7) is 5.10. The van der Waals surface area contributed by atoms with Crippen LogP contribution in [-0.4, -0.2) is 62.5 Å². The van der Waals surface area contributed by atoms with Crippen molar-refractivity contribution in [2.75, 3.05) is 44.7 Å². The molecule has 2 aliphatic rings. The number of ether oxygens (including phenoxy) is 1. The second kappa shape index (κ2) is 7.47. The van der Waals surface area contributed by atoms with Gasteiger partial charge in [-0.2, -0.15) is 0 Å². The third-order valence-corrected chi connectivity index (χ3v) is 4.91. The molecule has 2 heterocycles. The van der Waals surface area contributed by atoms with Gasteiger partial charge < -0.3 is 14.5 Å². The summed E-state index contributed by atoms with van der Waals surface area (Å²) in [7, 11) is 2.09. The number of carbonyl (C=O) groups is 3. The van der Waals surface area contributed by atoms with Crippen LogP contribution >= 0.6 is 11.6 Å². The summed E-state index contributed by atoms with van der Waals surface area (Å²) in [5.74, 6) is -1.42. The van der Waals surface area contributed by atoms with Gasteiger partial charge in [0.2, 0.25) is 0 Å². The lowest BCUT2D eigenvalue weighted by Crippen LogP contribution is -3.11. The number of likely N-dealkylation sites (N-methyl/N-ethyl adjacent to an activating group) is 1. The van der Waals surface area contributed by atoms with Crippen molar-refractivity contribution in [3.63, 3.8) is 0 Å². The van der Waals surface area contributed by atoms with Crippen molar-refractivity contribution in [1.82, 2.24) is 4.90 Å². The smallest absolute Gasteiger partial charge is 0.338 e. The highest BCUT2D eigenvalue weighted by Gasteiger charge is 2.42. The van der Waals surface area contributed by atoms with Gasteiger partial charge >= 0.3 is 5.97 Å². The Labute approximate surface area is 156 Å². The maximum Gasteiger partial charge on any atom is 0.338 e. The standard InChI is InChI=1S/C18H20ClN3O4/c1-3-26-18(25)12-4-6-13(7-5-12)22-16(23)14(19)15(17(22)24)21-10-8-20(2)9-11-21/h4-7H,3,8-11H2,1-2H3/p+1. The van der Waals surface area contributed by atoms with Gasteiger partial charge in [-0.3, -0.25) is 9.59 Å². The molecule has 0 bridgehead atoms. The predicted molar refractivity (Wildman–Crippen MR) is 96.0 cm³/mol. The van der Waals surface area contributed by atoms with Crippen molar-refractivity contribution in [2.45, 2.75) is 6.92 Å². The summed E-state index contributed by atoms with van der Waals surface area (Å²) < 4.78 is 4.93. The molecule has 3 rings (SSSR count). The maximum atomic E-state index is 12.9. The number of nitrogens with zero attached hydrogens (tertiary/aromatic N) is 2. The molecular weight excluding hydrogens is 358 g/mol. The summed E-state index contributed by atoms with van der Waals surface area (Å²) in [6.07, 6.45) is 0. The zero-order chi connectivity index (χ0) is 18.8. The number of anilines is 1. The highest BCUT2D eigenvalue weighted by molar-refractivity contribution is 6.52. The van der Waals surface area contributed by atoms with Crippen LogP contribution in [-0.2, 0) is 14.3 Å². The fourth-order valence-corrected chi connectivity index (χ4v) is 3.36. The van der Waals surface area contributed by atoms with Gasteiger partial charge in [0.25, 0.3) is 11.8 Å². The summed E-state index contributed by atoms with van der Waals surface area (Å²) in [6, 6.07) is 6.14. The minimum Gasteiger partial charge on any atom is -0.462 e. The van der Waals surface area contributed by atoms with Gasteiger partial charge in [0.05, 0.1) is 51.1 Å². The van der Waals surface area contributed by atoms with Gasteiger partial charge in [-0.1, -0.05) is 11.6 Å². The first kappa shape index (κ1) is 18.4. The Morgan fingerprint density at radius 2 is 1.77 bits per heavy atom. The molecule has 0 unspecified atom stereocenters. The van der Waals surface area contributed by atoms with E-state index in [1.165, 1.54) is 17.0 Å². The third kappa shape index (κ3) is 3.32. The predicted octanol–water partition coefficient (Wildman–Crippen LogP) is 0.0172. The van der Waals surface area contributed by atoms with E-state index in [1.807, 2.05) is 4.90 Å². The monoisotopic (exact) mass is 378 g/mol. The molecule has 1 aromatic carbocycles. The van der Waals surface area contributed by atoms with E-state index in [9.17, 15) is 14.4 Å². The van der Waals surface area contributed by atoms with E-state index in [-0.39, 0.29) is 17.3 Å². The summed E-state index contributed by atoms with van der Waals surface area (Å²) in [5, 5.41) is -0.0518. The van der Waals surface area contributed by atoms with Crippen molar-refractivity contribution < 1.29 is 24.0 Å². The summed E-state index contributed by atoms with van der Waals surface area (Å²) in [5.41, 5.74) is 0.996. The van der Waals surface area contributed by atoms with Crippen molar-refractivity contribution in [2.24, 2.45) is 0 Å². The van der Waals surface area contributed by atoms with Crippen LogP contribution < -0.4 is 9.80 Å². The molecule has 2 amide bonds. The van der Waals surface area contributed by atoms with Crippen LogP contribution in [0.1, 0.15) is 17.3 Å². The molecule has 2 aliphatic heterocycles. The zero-order valence-electron chi connectivity index (χ0n) is 14.8. The van der Waals surface area contributed by atoms with E-state index >= 15 is 0 Å². The molecule has 0 saturated carbocycles. The first-order chi connectivity index (χ1) is 12.4. The quantitative estimate of drug-likeness (QED) is 0.590. The van der Waals surface area contributed by atoms with Gasteiger partial charge in [0.15, 0.2) is 0 Å². The fraction of sp³-hybridized carbons (Fsp3) is 0.389. The molecule has 0 aromatic heterocycles. The lowest BCUT2D eigenvalue weighted by atomic mass is 10.2. The van der Waals surface area contributed by atoms with Crippen LogP contribution in [0.3, 0.4) is 0 Å². The molecule has 26 heavy (non-hydrogen) atoms. The molecule has 0 atom stereocenters. The van der Waals surface area contributed by atoms with E-state index in [4.69, 9.17) is 16.3 Å². The average Bonchev–Trinajstić information content (AvgIpc) is 2.85. The van der Waals surface area contributed by atoms with Gasteiger partial charge in [0.1, 0.15) is 10.7 Å². The van der Waals surface area contributed by atoms with Crippen molar-refractivity contribution in [1.29, 1.82) is 0 Å². The molecular formula is C18H21ClN3O4+. The van der Waals surface area contributed by atoms with E-state index < -0.39 is 17.8 Å². The Morgan fingerprint density at radius 3 is 2.35 bits per heavy atom. The number of piperazine rings is 1. The number of imide groups is 1. The number of quaternary nitrogens is 1. The van der Waals surface area contributed by atoms with Gasteiger partial charge in [-0.15, -0.1) is 0 Å². The number of hydrogen-bond donors (Lipinski definition) is 1. The number of carbonyl (C=O) groups excluding carboxylic acids is 3. The topological polar surface area (TPSA) is 71.4 Å². The number of nitrogens with one attached hydrogen (secondary N) is 1. The first-order valence-electron chi connectivity index (χ1n) is 8.56. The van der Waals surface area contributed by atoms with E-state index in [0.29, 0.717) is 24.3 Å². The highest BCUT2D eigenvalue weighted by Crippen LogP contribution is 2.31. The number of hydrogen-bond acceptors (Lipinski definition) is 5. The minimum absolute atomic E-state index is 0.0518. The van der Waals surface area contributed by atoms with Crippen molar-refractivity contribution >= 4 is 35.1 Å². The van der Waals surface area contributed by atoms with E-state index in [2.05, 4.69) is 7.05 Å². The molecule has 0 aliphatic carbocycles. The van der Waals surface area contributed by atoms with Crippen LogP contribution in [0.25, 0.3) is 0 Å². The molecule has 1 aromatic rings. The van der Waals surface area contributed by atoms with Crippen LogP contribution in [0.2, 0.25) is 0 Å². The Hall–Kier alpha value is -2.38. The number of esters is 1. The van der Waals surface area contributed by atoms with E-state index in [1.54, 1.807) is 19.1 Å². The van der Waals surface area contributed by atoms with Crippen molar-refractivity contribution in [3.05, 3.63) is 40.6 Å². The fourth-order valence-electron chi connectivity index (χ4n) is 3.07. The molecule has 0 radical (unpaired) electrons. The summed E-state index contributed by atoms with van der Waals surface area (Å²) in [4.78, 5) is 41.4. The largest absolute Gasteiger partial charge is 0.462 e. The first-order valence-corrected chi connectivity index (χ1v) is 8.93. The van der Waals surface area contributed by atoms with Crippen molar-refractivity contribution in [3.8, 4) is 0 Å². The third-order valence-electron chi connectivity index (χ3n) is 4.57. The Morgan fingerprint density at radius 1 is 1.15 bits per heavy atom. The molecule has 1 N–H and O–H groups in total. The lowest BCUT2D eigenvalue weighted by molar-refractivity contribution is -0.883.